The Morgan fingerprint density at radius 1 is 1.17 bits per heavy atom. The van der Waals surface area contributed by atoms with Gasteiger partial charge in [0.05, 0.1) is 30.8 Å². The van der Waals surface area contributed by atoms with Crippen LogP contribution < -0.4 is 0 Å². The van der Waals surface area contributed by atoms with E-state index in [1.807, 2.05) is 0 Å². The lowest BCUT2D eigenvalue weighted by atomic mass is 9.84. The van der Waals surface area contributed by atoms with Crippen LogP contribution in [0.2, 0.25) is 0 Å². The van der Waals surface area contributed by atoms with Gasteiger partial charge in [-0.25, -0.2) is 0 Å². The third-order valence-corrected chi connectivity index (χ3v) is 4.93. The molecule has 3 nitrogen and oxygen atoms in total. The minimum Gasteiger partial charge on any atom is -0.396 e. The molecular weight excluding hydrogens is 307 g/mol. The summed E-state index contributed by atoms with van der Waals surface area (Å²) in [7, 11) is 0. The van der Waals surface area contributed by atoms with Crippen molar-refractivity contribution in [2.75, 3.05) is 32.9 Å². The molecule has 0 amide bonds. The molecule has 0 aromatic heterocycles. The third-order valence-electron chi connectivity index (χ3n) is 4.93. The fraction of sp³-hybridized carbons (Fsp3) is 0.647. The lowest BCUT2D eigenvalue weighted by Crippen LogP contribution is -2.54. The van der Waals surface area contributed by atoms with Gasteiger partial charge in [0.2, 0.25) is 0 Å². The Morgan fingerprint density at radius 2 is 1.87 bits per heavy atom. The zero-order chi connectivity index (χ0) is 16.5. The first-order valence-corrected chi connectivity index (χ1v) is 8.03. The van der Waals surface area contributed by atoms with Gasteiger partial charge in [0.15, 0.2) is 0 Å². The van der Waals surface area contributed by atoms with Crippen molar-refractivity contribution in [3.05, 3.63) is 35.4 Å². The number of ether oxygens (including phenoxy) is 1. The summed E-state index contributed by atoms with van der Waals surface area (Å²) < 4.78 is 43.4. The lowest BCUT2D eigenvalue weighted by molar-refractivity contribution is -0.153. The molecule has 23 heavy (non-hydrogen) atoms. The van der Waals surface area contributed by atoms with E-state index in [2.05, 4.69) is 4.90 Å². The smallest absolute Gasteiger partial charge is 0.396 e. The molecule has 1 aromatic carbocycles. The summed E-state index contributed by atoms with van der Waals surface area (Å²) in [5.41, 5.74) is 0.107. The van der Waals surface area contributed by atoms with Crippen molar-refractivity contribution in [2.24, 2.45) is 5.41 Å². The molecule has 128 valence electrons. The number of benzene rings is 1. The minimum atomic E-state index is -4.30. The largest absolute Gasteiger partial charge is 0.416 e. The van der Waals surface area contributed by atoms with Crippen molar-refractivity contribution in [2.45, 2.75) is 31.5 Å². The Kier molecular flexibility index (Phi) is 4.67. The molecule has 2 heterocycles. The molecular formula is C17H22F3NO2. The number of aliphatic hydroxyl groups is 1. The van der Waals surface area contributed by atoms with Gasteiger partial charge >= 0.3 is 6.18 Å². The Balaban J connectivity index is 1.75. The van der Waals surface area contributed by atoms with Crippen molar-refractivity contribution in [3.8, 4) is 0 Å². The van der Waals surface area contributed by atoms with Gasteiger partial charge in [-0.3, -0.25) is 4.90 Å². The second-order valence-electron chi connectivity index (χ2n) is 6.75. The summed E-state index contributed by atoms with van der Waals surface area (Å²) in [6.45, 7) is 2.84. The van der Waals surface area contributed by atoms with E-state index in [0.717, 1.165) is 50.0 Å². The molecule has 1 aromatic rings. The molecule has 0 saturated carbocycles. The van der Waals surface area contributed by atoms with E-state index >= 15 is 0 Å². The van der Waals surface area contributed by atoms with Crippen LogP contribution in [0.4, 0.5) is 13.2 Å². The van der Waals surface area contributed by atoms with Crippen molar-refractivity contribution in [1.82, 2.24) is 4.90 Å². The van der Waals surface area contributed by atoms with Crippen molar-refractivity contribution < 1.29 is 23.0 Å². The number of aliphatic hydroxyl groups excluding tert-OH is 1. The molecule has 2 saturated heterocycles. The van der Waals surface area contributed by atoms with E-state index in [1.54, 1.807) is 12.1 Å². The first-order valence-electron chi connectivity index (χ1n) is 8.03. The second kappa shape index (κ2) is 6.42. The molecule has 0 aliphatic carbocycles. The Hall–Kier alpha value is -1.11. The highest BCUT2D eigenvalue weighted by molar-refractivity contribution is 5.27. The maximum absolute atomic E-state index is 12.7. The summed E-state index contributed by atoms with van der Waals surface area (Å²) in [6, 6.07) is 5.63. The van der Waals surface area contributed by atoms with Crippen molar-refractivity contribution in [3.63, 3.8) is 0 Å². The average Bonchev–Trinajstić information content (AvgIpc) is 2.51. The molecule has 0 spiro atoms. The van der Waals surface area contributed by atoms with E-state index in [4.69, 9.17) is 4.74 Å². The fourth-order valence-corrected chi connectivity index (χ4v) is 3.51. The number of likely N-dealkylation sites (tertiary alicyclic amines) is 1. The fourth-order valence-electron chi connectivity index (χ4n) is 3.51. The van der Waals surface area contributed by atoms with Crippen molar-refractivity contribution in [1.29, 1.82) is 0 Å². The first kappa shape index (κ1) is 16.7. The maximum atomic E-state index is 12.7. The van der Waals surface area contributed by atoms with Gasteiger partial charge < -0.3 is 9.84 Å². The molecule has 1 unspecified atom stereocenters. The van der Waals surface area contributed by atoms with Gasteiger partial charge in [0, 0.05) is 12.6 Å². The van der Waals surface area contributed by atoms with E-state index in [-0.39, 0.29) is 18.1 Å². The minimum absolute atomic E-state index is 0.0865. The molecule has 2 aliphatic rings. The standard InChI is InChI=1S/C17H22F3NO2/c18-17(19,20)14-6-4-13(5-7-14)15-3-1-2-8-21(15)9-16(10-22)11-23-12-16/h4-7,15,22H,1-3,8-12H2. The SMILES string of the molecule is OCC1(CN2CCCCC2c2ccc(C(F)(F)F)cc2)COC1. The summed E-state index contributed by atoms with van der Waals surface area (Å²) in [6.07, 6.45) is -1.20. The summed E-state index contributed by atoms with van der Waals surface area (Å²) in [5, 5.41) is 9.62. The molecule has 6 heteroatoms. The molecule has 3 rings (SSSR count). The predicted molar refractivity (Wildman–Crippen MR) is 79.9 cm³/mol. The van der Waals surface area contributed by atoms with Crippen LogP contribution in [0.1, 0.15) is 36.4 Å². The highest BCUT2D eigenvalue weighted by Crippen LogP contribution is 2.37. The number of hydrogen-bond donors (Lipinski definition) is 1. The van der Waals surface area contributed by atoms with Crippen LogP contribution in [0, 0.1) is 5.41 Å². The number of halogens is 3. The Morgan fingerprint density at radius 3 is 2.39 bits per heavy atom. The molecule has 2 aliphatic heterocycles. The molecule has 1 N–H and O–H groups in total. The molecule has 1 atom stereocenters. The van der Waals surface area contributed by atoms with Crippen molar-refractivity contribution >= 4 is 0 Å². The number of nitrogens with zero attached hydrogens (tertiary/aromatic N) is 1. The van der Waals surface area contributed by atoms with E-state index < -0.39 is 11.7 Å². The summed E-state index contributed by atoms with van der Waals surface area (Å²) >= 11 is 0. The van der Waals surface area contributed by atoms with Gasteiger partial charge in [-0.05, 0) is 37.1 Å². The normalized spacial score (nSPS) is 25.1. The Labute approximate surface area is 134 Å². The highest BCUT2D eigenvalue weighted by Gasteiger charge is 2.41. The van der Waals surface area contributed by atoms with Crippen LogP contribution >= 0.6 is 0 Å². The van der Waals surface area contributed by atoms with E-state index in [0.29, 0.717) is 13.2 Å². The van der Waals surface area contributed by atoms with Crippen LogP contribution in [0.3, 0.4) is 0 Å². The van der Waals surface area contributed by atoms with E-state index in [1.165, 1.54) is 0 Å². The van der Waals surface area contributed by atoms with Crippen LogP contribution in [-0.4, -0.2) is 42.9 Å². The highest BCUT2D eigenvalue weighted by atomic mass is 19.4. The summed E-state index contributed by atoms with van der Waals surface area (Å²) in [5.74, 6) is 0. The first-order chi connectivity index (χ1) is 10.9. The van der Waals surface area contributed by atoms with Crippen LogP contribution in [-0.2, 0) is 10.9 Å². The molecule has 0 bridgehead atoms. The number of rotatable bonds is 4. The third kappa shape index (κ3) is 3.54. The molecule has 2 fully saturated rings. The zero-order valence-electron chi connectivity index (χ0n) is 13.0. The Bertz CT molecular complexity index is 520. The van der Waals surface area contributed by atoms with Gasteiger partial charge in [0.1, 0.15) is 0 Å². The van der Waals surface area contributed by atoms with Crippen LogP contribution in [0.25, 0.3) is 0 Å². The van der Waals surface area contributed by atoms with Gasteiger partial charge in [0.25, 0.3) is 0 Å². The lowest BCUT2D eigenvalue weighted by Gasteiger charge is -2.47. The maximum Gasteiger partial charge on any atom is 0.416 e. The summed E-state index contributed by atoms with van der Waals surface area (Å²) in [4.78, 5) is 2.30. The number of hydrogen-bond acceptors (Lipinski definition) is 3. The van der Waals surface area contributed by atoms with Gasteiger partial charge in [-0.1, -0.05) is 18.6 Å². The second-order valence-corrected chi connectivity index (χ2v) is 6.75. The zero-order valence-corrected chi connectivity index (χ0v) is 13.0. The molecule has 0 radical (unpaired) electrons. The topological polar surface area (TPSA) is 32.7 Å². The van der Waals surface area contributed by atoms with Crippen LogP contribution in [0.15, 0.2) is 24.3 Å². The number of piperidine rings is 1. The monoisotopic (exact) mass is 329 g/mol. The average molecular weight is 329 g/mol. The van der Waals surface area contributed by atoms with Gasteiger partial charge in [-0.15, -0.1) is 0 Å². The predicted octanol–water partition coefficient (Wildman–Crippen LogP) is 3.24. The number of alkyl halides is 3. The quantitative estimate of drug-likeness (QED) is 0.920. The van der Waals surface area contributed by atoms with Gasteiger partial charge in [-0.2, -0.15) is 13.2 Å². The van der Waals surface area contributed by atoms with E-state index in [9.17, 15) is 18.3 Å². The van der Waals surface area contributed by atoms with Crippen LogP contribution in [0.5, 0.6) is 0 Å².